The third-order valence-corrected chi connectivity index (χ3v) is 1.66. The van der Waals surface area contributed by atoms with Crippen LogP contribution < -0.4 is 0 Å². The van der Waals surface area contributed by atoms with Crippen LogP contribution in [-0.4, -0.2) is 4.98 Å². The lowest BCUT2D eigenvalue weighted by Gasteiger charge is -2.03. The van der Waals surface area contributed by atoms with Crippen molar-refractivity contribution < 1.29 is 13.2 Å². The Morgan fingerprint density at radius 1 is 0.812 bits per heavy atom. The predicted molar refractivity (Wildman–Crippen MR) is 55.7 cm³/mol. The van der Waals surface area contributed by atoms with E-state index in [-0.39, 0.29) is 0 Å². The highest BCUT2D eigenvalue weighted by atomic mass is 19.4. The summed E-state index contributed by atoms with van der Waals surface area (Å²) in [7, 11) is 0. The van der Waals surface area contributed by atoms with Crippen molar-refractivity contribution in [1.82, 2.24) is 4.98 Å². The van der Waals surface area contributed by atoms with Gasteiger partial charge < -0.3 is 0 Å². The average Bonchev–Trinajstić information content (AvgIpc) is 2.32. The van der Waals surface area contributed by atoms with Crippen LogP contribution in [0.4, 0.5) is 13.2 Å². The summed E-state index contributed by atoms with van der Waals surface area (Å²) in [5.74, 6) is 0. The fourth-order valence-corrected chi connectivity index (χ4v) is 0.915. The Morgan fingerprint density at radius 3 is 1.56 bits per heavy atom. The van der Waals surface area contributed by atoms with E-state index in [9.17, 15) is 13.2 Å². The molecule has 1 aromatic carbocycles. The maximum absolute atomic E-state index is 11.7. The second-order valence-corrected chi connectivity index (χ2v) is 2.89. The van der Waals surface area contributed by atoms with Crippen molar-refractivity contribution in [2.75, 3.05) is 0 Å². The van der Waals surface area contributed by atoms with Gasteiger partial charge in [-0.25, -0.2) is 0 Å². The largest absolute Gasteiger partial charge is 0.417 e. The molecular weight excluding hydrogens is 215 g/mol. The van der Waals surface area contributed by atoms with Crippen molar-refractivity contribution in [1.29, 1.82) is 0 Å². The Balaban J connectivity index is 0.000000181. The quantitative estimate of drug-likeness (QED) is 0.664. The molecule has 2 rings (SSSR count). The number of benzene rings is 1. The molecule has 0 saturated heterocycles. The molecule has 1 nitrogen and oxygen atoms in total. The van der Waals surface area contributed by atoms with Gasteiger partial charge in [0.25, 0.3) is 0 Å². The molecule has 0 aliphatic carbocycles. The summed E-state index contributed by atoms with van der Waals surface area (Å²) in [5, 5.41) is 0. The summed E-state index contributed by atoms with van der Waals surface area (Å²) in [5.41, 5.74) is -0.713. The minimum absolute atomic E-state index is 0.713. The molecule has 1 aromatic heterocycles. The Hall–Kier alpha value is -1.84. The van der Waals surface area contributed by atoms with Crippen molar-refractivity contribution in [2.45, 2.75) is 6.18 Å². The van der Waals surface area contributed by atoms with Crippen molar-refractivity contribution in [3.63, 3.8) is 0 Å². The van der Waals surface area contributed by atoms with E-state index in [2.05, 4.69) is 4.98 Å². The minimum Gasteiger partial charge on any atom is -0.264 e. The second-order valence-electron chi connectivity index (χ2n) is 2.89. The fraction of sp³-hybridized carbons (Fsp3) is 0.0833. The summed E-state index contributed by atoms with van der Waals surface area (Å²) in [6.45, 7) is 0. The minimum atomic E-state index is -4.27. The van der Waals surface area contributed by atoms with Crippen molar-refractivity contribution in [2.24, 2.45) is 0 Å². The van der Waals surface area contributed by atoms with Gasteiger partial charge in [-0.05, 0) is 12.1 Å². The first-order valence-electron chi connectivity index (χ1n) is 4.58. The van der Waals surface area contributed by atoms with E-state index < -0.39 is 11.7 Å². The first-order chi connectivity index (χ1) is 7.61. The third-order valence-electron chi connectivity index (χ3n) is 1.66. The zero-order valence-electron chi connectivity index (χ0n) is 8.35. The van der Waals surface area contributed by atoms with Gasteiger partial charge in [0.05, 0.1) is 5.56 Å². The molecule has 4 heteroatoms. The van der Waals surface area contributed by atoms with E-state index in [1.54, 1.807) is 0 Å². The van der Waals surface area contributed by atoms with Crippen LogP contribution in [0.2, 0.25) is 0 Å². The molecule has 0 N–H and O–H groups in total. The monoisotopic (exact) mass is 225 g/mol. The molecule has 0 saturated carbocycles. The lowest BCUT2D eigenvalue weighted by molar-refractivity contribution is -0.137. The van der Waals surface area contributed by atoms with Gasteiger partial charge in [-0.1, -0.05) is 36.4 Å². The molecule has 0 unspecified atom stereocenters. The van der Waals surface area contributed by atoms with Gasteiger partial charge in [0.15, 0.2) is 0 Å². The Bertz CT molecular complexity index is 357. The molecule has 0 atom stereocenters. The number of hydrogen-bond acceptors (Lipinski definition) is 1. The summed E-state index contributed by atoms with van der Waals surface area (Å²) < 4.78 is 35.2. The lowest BCUT2D eigenvalue weighted by atomic mass is 10.3. The highest BCUT2D eigenvalue weighted by Crippen LogP contribution is 2.27. The fourth-order valence-electron chi connectivity index (χ4n) is 0.915. The van der Waals surface area contributed by atoms with Crippen LogP contribution in [0.15, 0.2) is 60.9 Å². The van der Waals surface area contributed by atoms with Crippen LogP contribution >= 0.6 is 0 Å². The zero-order valence-corrected chi connectivity index (χ0v) is 8.35. The van der Waals surface area contributed by atoms with Gasteiger partial charge in [0, 0.05) is 12.4 Å². The van der Waals surface area contributed by atoms with Crippen LogP contribution in [-0.2, 0) is 6.18 Å². The Morgan fingerprint density at radius 2 is 1.31 bits per heavy atom. The van der Waals surface area contributed by atoms with E-state index in [0.29, 0.717) is 0 Å². The summed E-state index contributed by atoms with van der Waals surface area (Å²) in [6.07, 6.45) is -2.18. The van der Waals surface area contributed by atoms with E-state index in [0.717, 1.165) is 12.3 Å². The van der Waals surface area contributed by atoms with Gasteiger partial charge in [0.1, 0.15) is 0 Å². The van der Waals surface area contributed by atoms with Crippen molar-refractivity contribution in [3.05, 3.63) is 66.5 Å². The number of alkyl halides is 3. The SMILES string of the molecule is FC(F)(F)c1cccnc1.c1ccccc1. The van der Waals surface area contributed by atoms with Crippen molar-refractivity contribution >= 4 is 0 Å². The van der Waals surface area contributed by atoms with E-state index in [1.807, 2.05) is 36.4 Å². The third kappa shape index (κ3) is 4.59. The molecule has 0 amide bonds. The normalized spacial score (nSPS) is 10.2. The molecule has 0 spiro atoms. The Labute approximate surface area is 91.6 Å². The molecule has 0 aliphatic rings. The first-order valence-corrected chi connectivity index (χ1v) is 4.58. The molecule has 0 fully saturated rings. The smallest absolute Gasteiger partial charge is 0.264 e. The molecule has 84 valence electrons. The van der Waals surface area contributed by atoms with Gasteiger partial charge in [0.2, 0.25) is 0 Å². The topological polar surface area (TPSA) is 12.9 Å². The van der Waals surface area contributed by atoms with Crippen LogP contribution in [0.25, 0.3) is 0 Å². The maximum atomic E-state index is 11.7. The maximum Gasteiger partial charge on any atom is 0.417 e. The molecule has 16 heavy (non-hydrogen) atoms. The number of aromatic nitrogens is 1. The standard InChI is InChI=1S/C6H4F3N.C6H6/c7-6(8,9)5-2-1-3-10-4-5;1-2-4-6-5-3-1/h1-4H;1-6H. The second kappa shape index (κ2) is 5.90. The van der Waals surface area contributed by atoms with Gasteiger partial charge in [-0.3, -0.25) is 4.98 Å². The van der Waals surface area contributed by atoms with Crippen LogP contribution in [0.1, 0.15) is 5.56 Å². The molecule has 0 radical (unpaired) electrons. The van der Waals surface area contributed by atoms with E-state index in [4.69, 9.17) is 0 Å². The first kappa shape index (κ1) is 12.2. The van der Waals surface area contributed by atoms with E-state index >= 15 is 0 Å². The molecule has 0 bridgehead atoms. The number of hydrogen-bond donors (Lipinski definition) is 0. The zero-order chi connectivity index (χ0) is 11.9. The molecular formula is C12H10F3N. The van der Waals surface area contributed by atoms with Crippen LogP contribution in [0, 0.1) is 0 Å². The summed E-state index contributed by atoms with van der Waals surface area (Å²) in [6, 6.07) is 14.2. The summed E-state index contributed by atoms with van der Waals surface area (Å²) >= 11 is 0. The number of rotatable bonds is 0. The number of pyridine rings is 1. The summed E-state index contributed by atoms with van der Waals surface area (Å²) in [4.78, 5) is 3.33. The van der Waals surface area contributed by atoms with Crippen LogP contribution in [0.5, 0.6) is 0 Å². The van der Waals surface area contributed by atoms with Crippen LogP contribution in [0.3, 0.4) is 0 Å². The van der Waals surface area contributed by atoms with Gasteiger partial charge in [-0.15, -0.1) is 0 Å². The number of halogens is 3. The van der Waals surface area contributed by atoms with Crippen molar-refractivity contribution in [3.8, 4) is 0 Å². The van der Waals surface area contributed by atoms with Gasteiger partial charge >= 0.3 is 6.18 Å². The predicted octanol–water partition coefficient (Wildman–Crippen LogP) is 3.79. The van der Waals surface area contributed by atoms with Gasteiger partial charge in [-0.2, -0.15) is 13.2 Å². The average molecular weight is 225 g/mol. The molecule has 1 heterocycles. The Kier molecular flexibility index (Phi) is 4.51. The number of nitrogens with zero attached hydrogens (tertiary/aromatic N) is 1. The molecule has 2 aromatic rings. The van der Waals surface area contributed by atoms with E-state index in [1.165, 1.54) is 12.3 Å². The highest BCUT2D eigenvalue weighted by molar-refractivity contribution is 5.11. The highest BCUT2D eigenvalue weighted by Gasteiger charge is 2.30. The molecule has 0 aliphatic heterocycles. The lowest BCUT2D eigenvalue weighted by Crippen LogP contribution is -2.04.